The standard InChI is InChI=1S/C17H26N2O4S/c1-13-9-14(2)12-19(11-13)24(21,22)8-7-18-17(20)15-5-4-6-16(10-15)23-3/h4-6,10,13-14H,7-9,11-12H2,1-3H3,(H,18,20)/t13-,14-/m0/s1. The van der Waals surface area contributed by atoms with Crippen molar-refractivity contribution in [2.45, 2.75) is 20.3 Å². The van der Waals surface area contributed by atoms with E-state index < -0.39 is 10.0 Å². The Morgan fingerprint density at radius 1 is 1.29 bits per heavy atom. The van der Waals surface area contributed by atoms with Crippen LogP contribution in [0.4, 0.5) is 0 Å². The van der Waals surface area contributed by atoms with Crippen molar-refractivity contribution in [1.82, 2.24) is 9.62 Å². The second-order valence-electron chi connectivity index (χ2n) is 6.57. The number of hydrogen-bond acceptors (Lipinski definition) is 4. The van der Waals surface area contributed by atoms with E-state index >= 15 is 0 Å². The summed E-state index contributed by atoms with van der Waals surface area (Å²) in [6.07, 6.45) is 1.05. The zero-order valence-corrected chi connectivity index (χ0v) is 15.3. The molecule has 1 heterocycles. The molecule has 7 heteroatoms. The molecule has 2 atom stereocenters. The number of nitrogens with one attached hydrogen (secondary N) is 1. The molecule has 1 N–H and O–H groups in total. The highest BCUT2D eigenvalue weighted by Gasteiger charge is 2.30. The Labute approximate surface area is 144 Å². The van der Waals surface area contributed by atoms with E-state index in [0.29, 0.717) is 36.2 Å². The van der Waals surface area contributed by atoms with Gasteiger partial charge in [0.2, 0.25) is 10.0 Å². The highest BCUT2D eigenvalue weighted by molar-refractivity contribution is 7.89. The van der Waals surface area contributed by atoms with Crippen molar-refractivity contribution in [2.75, 3.05) is 32.5 Å². The third-order valence-electron chi connectivity index (χ3n) is 4.21. The van der Waals surface area contributed by atoms with Gasteiger partial charge in [0.05, 0.1) is 12.9 Å². The highest BCUT2D eigenvalue weighted by Crippen LogP contribution is 2.23. The quantitative estimate of drug-likeness (QED) is 0.844. The van der Waals surface area contributed by atoms with Gasteiger partial charge in [0.15, 0.2) is 0 Å². The first-order chi connectivity index (χ1) is 11.3. The number of rotatable bonds is 6. The van der Waals surface area contributed by atoms with Crippen LogP contribution in [0.1, 0.15) is 30.6 Å². The molecule has 1 amide bonds. The van der Waals surface area contributed by atoms with Gasteiger partial charge in [0, 0.05) is 25.2 Å². The van der Waals surface area contributed by atoms with Gasteiger partial charge in [0.1, 0.15) is 5.75 Å². The molecule has 1 saturated heterocycles. The van der Waals surface area contributed by atoms with E-state index in [1.807, 2.05) is 0 Å². The lowest BCUT2D eigenvalue weighted by Gasteiger charge is -2.34. The summed E-state index contributed by atoms with van der Waals surface area (Å²) in [7, 11) is -1.81. The summed E-state index contributed by atoms with van der Waals surface area (Å²) in [5.74, 6) is 0.947. The van der Waals surface area contributed by atoms with Gasteiger partial charge in [0.25, 0.3) is 5.91 Å². The molecule has 0 spiro atoms. The molecule has 0 saturated carbocycles. The second kappa shape index (κ2) is 7.98. The van der Waals surface area contributed by atoms with E-state index in [1.54, 1.807) is 28.6 Å². The minimum atomic E-state index is -3.35. The van der Waals surface area contributed by atoms with Gasteiger partial charge in [-0.3, -0.25) is 4.79 Å². The number of piperidine rings is 1. The molecule has 1 aliphatic rings. The number of benzene rings is 1. The lowest BCUT2D eigenvalue weighted by Crippen LogP contribution is -2.45. The van der Waals surface area contributed by atoms with Crippen molar-refractivity contribution in [3.8, 4) is 5.75 Å². The summed E-state index contributed by atoms with van der Waals surface area (Å²) in [6, 6.07) is 6.76. The van der Waals surface area contributed by atoms with Crippen LogP contribution < -0.4 is 10.1 Å². The van der Waals surface area contributed by atoms with Crippen LogP contribution in [-0.4, -0.2) is 51.1 Å². The van der Waals surface area contributed by atoms with Crippen molar-refractivity contribution in [3.63, 3.8) is 0 Å². The Morgan fingerprint density at radius 2 is 1.96 bits per heavy atom. The average Bonchev–Trinajstić information content (AvgIpc) is 2.53. The Bertz CT molecular complexity index is 665. The number of ether oxygens (including phenoxy) is 1. The first kappa shape index (κ1) is 18.7. The first-order valence-electron chi connectivity index (χ1n) is 8.22. The van der Waals surface area contributed by atoms with Gasteiger partial charge in [-0.05, 0) is 36.5 Å². The van der Waals surface area contributed by atoms with E-state index in [9.17, 15) is 13.2 Å². The number of nitrogens with zero attached hydrogens (tertiary/aromatic N) is 1. The second-order valence-corrected chi connectivity index (χ2v) is 8.66. The molecule has 0 aromatic heterocycles. The molecule has 0 unspecified atom stereocenters. The Morgan fingerprint density at radius 3 is 2.58 bits per heavy atom. The molecule has 24 heavy (non-hydrogen) atoms. The Hall–Kier alpha value is -1.60. The van der Waals surface area contributed by atoms with Crippen molar-refractivity contribution >= 4 is 15.9 Å². The number of carbonyl (C=O) groups excluding carboxylic acids is 1. The maximum atomic E-state index is 12.4. The number of methoxy groups -OCH3 is 1. The molecule has 6 nitrogen and oxygen atoms in total. The largest absolute Gasteiger partial charge is 0.497 e. The summed E-state index contributed by atoms with van der Waals surface area (Å²) in [6.45, 7) is 5.37. The van der Waals surface area contributed by atoms with E-state index in [1.165, 1.54) is 7.11 Å². The maximum absolute atomic E-state index is 12.4. The first-order valence-corrected chi connectivity index (χ1v) is 9.83. The molecular formula is C17H26N2O4S. The molecule has 0 radical (unpaired) electrons. The summed E-state index contributed by atoms with van der Waals surface area (Å²) >= 11 is 0. The minimum absolute atomic E-state index is 0.0812. The van der Waals surface area contributed by atoms with E-state index in [0.717, 1.165) is 6.42 Å². The van der Waals surface area contributed by atoms with Crippen LogP contribution in [0.5, 0.6) is 5.75 Å². The van der Waals surface area contributed by atoms with Gasteiger partial charge in [-0.1, -0.05) is 19.9 Å². The monoisotopic (exact) mass is 354 g/mol. The third kappa shape index (κ3) is 4.95. The maximum Gasteiger partial charge on any atom is 0.251 e. The van der Waals surface area contributed by atoms with Crippen molar-refractivity contribution in [1.29, 1.82) is 0 Å². The van der Waals surface area contributed by atoms with Crippen LogP contribution in [0.25, 0.3) is 0 Å². The zero-order valence-electron chi connectivity index (χ0n) is 14.5. The normalized spacial score (nSPS) is 22.1. The fraction of sp³-hybridized carbons (Fsp3) is 0.588. The number of sulfonamides is 1. The molecule has 1 aromatic carbocycles. The van der Waals surface area contributed by atoms with Crippen molar-refractivity contribution in [3.05, 3.63) is 29.8 Å². The molecular weight excluding hydrogens is 328 g/mol. The van der Waals surface area contributed by atoms with Gasteiger partial charge in [-0.25, -0.2) is 12.7 Å². The molecule has 2 rings (SSSR count). The van der Waals surface area contributed by atoms with Crippen LogP contribution in [0.3, 0.4) is 0 Å². The Kier molecular flexibility index (Phi) is 6.23. The van der Waals surface area contributed by atoms with Crippen LogP contribution in [0.15, 0.2) is 24.3 Å². The Balaban J connectivity index is 1.89. The summed E-state index contributed by atoms with van der Waals surface area (Å²) in [5.41, 5.74) is 0.451. The van der Waals surface area contributed by atoms with Crippen molar-refractivity contribution in [2.24, 2.45) is 11.8 Å². The predicted octanol–water partition coefficient (Wildman–Crippen LogP) is 1.73. The molecule has 0 aliphatic carbocycles. The fourth-order valence-corrected chi connectivity index (χ4v) is 4.70. The average molecular weight is 354 g/mol. The molecule has 1 aromatic rings. The summed E-state index contributed by atoms with van der Waals surface area (Å²) < 4.78 is 31.5. The minimum Gasteiger partial charge on any atom is -0.497 e. The third-order valence-corrected chi connectivity index (χ3v) is 6.01. The topological polar surface area (TPSA) is 75.7 Å². The number of amides is 1. The molecule has 1 fully saturated rings. The SMILES string of the molecule is COc1cccc(C(=O)NCCS(=O)(=O)N2C[C@@H](C)C[C@H](C)C2)c1. The van der Waals surface area contributed by atoms with Gasteiger partial charge < -0.3 is 10.1 Å². The fourth-order valence-electron chi connectivity index (χ4n) is 3.12. The lowest BCUT2D eigenvalue weighted by molar-refractivity contribution is 0.0955. The molecule has 0 bridgehead atoms. The molecule has 134 valence electrons. The van der Waals surface area contributed by atoms with Gasteiger partial charge >= 0.3 is 0 Å². The van der Waals surface area contributed by atoms with Crippen LogP contribution >= 0.6 is 0 Å². The highest BCUT2D eigenvalue weighted by atomic mass is 32.2. The predicted molar refractivity (Wildman–Crippen MR) is 93.6 cm³/mol. The van der Waals surface area contributed by atoms with E-state index in [4.69, 9.17) is 4.74 Å². The summed E-state index contributed by atoms with van der Waals surface area (Å²) in [5, 5.41) is 2.67. The van der Waals surface area contributed by atoms with Gasteiger partial charge in [-0.2, -0.15) is 0 Å². The summed E-state index contributed by atoms with van der Waals surface area (Å²) in [4.78, 5) is 12.1. The van der Waals surface area contributed by atoms with Gasteiger partial charge in [-0.15, -0.1) is 0 Å². The van der Waals surface area contributed by atoms with Crippen LogP contribution in [0, 0.1) is 11.8 Å². The molecule has 1 aliphatic heterocycles. The van der Waals surface area contributed by atoms with Crippen LogP contribution in [-0.2, 0) is 10.0 Å². The number of hydrogen-bond donors (Lipinski definition) is 1. The van der Waals surface area contributed by atoms with E-state index in [2.05, 4.69) is 19.2 Å². The van der Waals surface area contributed by atoms with E-state index in [-0.39, 0.29) is 18.2 Å². The lowest BCUT2D eigenvalue weighted by atomic mass is 9.94. The zero-order chi connectivity index (χ0) is 17.7. The van der Waals surface area contributed by atoms with Crippen molar-refractivity contribution < 1.29 is 17.9 Å². The number of carbonyl (C=O) groups is 1. The smallest absolute Gasteiger partial charge is 0.251 e. The van der Waals surface area contributed by atoms with Crippen LogP contribution in [0.2, 0.25) is 0 Å².